The third-order valence-corrected chi connectivity index (χ3v) is 18.1. The number of rotatable bonds is 10. The summed E-state index contributed by atoms with van der Waals surface area (Å²) in [7, 11) is 0. The van der Waals surface area contributed by atoms with Crippen LogP contribution in [0.25, 0.3) is 111 Å². The van der Waals surface area contributed by atoms with Gasteiger partial charge in [-0.2, -0.15) is 0 Å². The molecule has 0 saturated carbocycles. The number of aromatic nitrogens is 5. The van der Waals surface area contributed by atoms with Gasteiger partial charge < -0.3 is 25.5 Å². The zero-order valence-electron chi connectivity index (χ0n) is 77.6. The third kappa shape index (κ3) is 43.0. The van der Waals surface area contributed by atoms with Crippen molar-refractivity contribution < 1.29 is 150 Å². The second-order valence-electron chi connectivity index (χ2n) is 30.6. The fourth-order valence-electron chi connectivity index (χ4n) is 12.3. The number of carbonyl (C=O) groups is 5. The molecule has 10 aromatic carbocycles. The van der Waals surface area contributed by atoms with E-state index in [4.69, 9.17) is 45.5 Å². The average molecular weight is 2640 g/mol. The van der Waals surface area contributed by atoms with Crippen LogP contribution in [0, 0.1) is 106 Å². The molecule has 0 bridgehead atoms. The van der Waals surface area contributed by atoms with Gasteiger partial charge in [0.15, 0.2) is 28.9 Å². The number of allylic oxidation sites excluding steroid dienone is 10. The van der Waals surface area contributed by atoms with Crippen molar-refractivity contribution in [3.05, 3.63) is 387 Å². The Morgan fingerprint density at radius 2 is 0.565 bits per heavy atom. The Labute approximate surface area is 839 Å². The van der Waals surface area contributed by atoms with Crippen molar-refractivity contribution in [2.24, 2.45) is 0 Å². The van der Waals surface area contributed by atoms with Crippen molar-refractivity contribution in [2.45, 2.75) is 145 Å². The Bertz CT molecular complexity index is 6190. The Balaban J connectivity index is 0.000000745. The SMILES string of the molecule is CC(=O)C=C(C)O.CC(=O)C=C(C)O.CC(=O)C=C(C)O.CC(=O)C=C(C)O.CC(=O)C=C(C)O.Cc1[c-]c(-c2ccc3cc(C)ccc3n2)ccc1.Cc1c[c-]c(-c2ccc3cc(C)ccc3n2)cc1.Cc1cc[c-]c(-c2ccc3cc(C)ccc3n2)c1.Cc1ccc2nc(-c3[c-]ccc(C)c3C)ccc2c1.Cc1ccc2nc(-c3[c-]cccc3C)ccc2c1.[Ir].[Ir].[Ir].[Ir].[Ir]. The maximum atomic E-state index is 10.0. The van der Waals surface area contributed by atoms with Gasteiger partial charge >= 0.3 is 0 Å². The van der Waals surface area contributed by atoms with E-state index in [0.29, 0.717) is 0 Å². The molecule has 691 valence electrons. The second kappa shape index (κ2) is 59.8. The van der Waals surface area contributed by atoms with Crippen molar-refractivity contribution in [2.75, 3.05) is 0 Å². The first kappa shape index (κ1) is 118. The molecule has 15 aromatic rings. The predicted octanol–water partition coefficient (Wildman–Crippen LogP) is 27.1. The van der Waals surface area contributed by atoms with Gasteiger partial charge in [0.2, 0.25) is 0 Å². The summed E-state index contributed by atoms with van der Waals surface area (Å²) in [5.41, 5.74) is 29.1. The molecular formula is C111H112Ir5N5O10-5. The molecule has 0 aliphatic carbocycles. The number of aliphatic hydroxyl groups excluding tert-OH is 5. The molecule has 0 fully saturated rings. The van der Waals surface area contributed by atoms with Crippen LogP contribution in [-0.2, 0) is 124 Å². The number of aliphatic hydroxyl groups is 5. The van der Waals surface area contributed by atoms with Crippen molar-refractivity contribution in [1.29, 1.82) is 0 Å². The number of aryl methyl sites for hydroxylation is 10. The molecule has 20 heteroatoms. The average Bonchev–Trinajstić information content (AvgIpc) is 0.820. The summed E-state index contributed by atoms with van der Waals surface area (Å²) in [6, 6.07) is 97.6. The summed E-state index contributed by atoms with van der Waals surface area (Å²) in [4.78, 5) is 73.6. The van der Waals surface area contributed by atoms with E-state index in [0.717, 1.165) is 89.4 Å². The molecular weight excluding hydrogens is 2520 g/mol. The fourth-order valence-corrected chi connectivity index (χ4v) is 12.3. The number of pyridine rings is 5. The normalized spacial score (nSPS) is 10.6. The van der Waals surface area contributed by atoms with Crippen molar-refractivity contribution in [1.82, 2.24) is 24.9 Å². The minimum Gasteiger partial charge on any atom is -0.512 e. The van der Waals surface area contributed by atoms with Crippen LogP contribution in [0.3, 0.4) is 0 Å². The van der Waals surface area contributed by atoms with Crippen LogP contribution >= 0.6 is 0 Å². The molecule has 5 heterocycles. The van der Waals surface area contributed by atoms with Gasteiger partial charge in [-0.05, 0) is 220 Å². The molecule has 5 radical (unpaired) electrons. The molecule has 131 heavy (non-hydrogen) atoms. The van der Waals surface area contributed by atoms with E-state index in [1.807, 2.05) is 55.5 Å². The van der Waals surface area contributed by atoms with E-state index in [1.54, 1.807) is 0 Å². The van der Waals surface area contributed by atoms with Gasteiger partial charge in [0.25, 0.3) is 0 Å². The molecule has 15 rings (SSSR count). The van der Waals surface area contributed by atoms with Crippen LogP contribution in [0.15, 0.2) is 296 Å². The number of fused-ring (bicyclic) bond motifs is 5. The van der Waals surface area contributed by atoms with Crippen LogP contribution in [-0.4, -0.2) is 79.4 Å². The molecule has 15 nitrogen and oxygen atoms in total. The number of ketones is 5. The summed E-state index contributed by atoms with van der Waals surface area (Å²) < 4.78 is 0. The molecule has 0 atom stereocenters. The van der Waals surface area contributed by atoms with Crippen LogP contribution in [0.4, 0.5) is 0 Å². The van der Waals surface area contributed by atoms with Crippen LogP contribution in [0.2, 0.25) is 0 Å². The Morgan fingerprint density at radius 1 is 0.260 bits per heavy atom. The van der Waals surface area contributed by atoms with E-state index in [1.165, 1.54) is 182 Å². The zero-order valence-corrected chi connectivity index (χ0v) is 89.6. The number of carbonyl (C=O) groups excluding carboxylic acids is 5. The third-order valence-electron chi connectivity index (χ3n) is 18.1. The maximum absolute atomic E-state index is 10.0. The predicted molar refractivity (Wildman–Crippen MR) is 518 cm³/mol. The van der Waals surface area contributed by atoms with Crippen LogP contribution in [0.1, 0.15) is 130 Å². The number of hydrogen-bond acceptors (Lipinski definition) is 15. The van der Waals surface area contributed by atoms with Crippen molar-refractivity contribution in [3.8, 4) is 56.3 Å². The maximum Gasteiger partial charge on any atom is 0.155 e. The van der Waals surface area contributed by atoms with Gasteiger partial charge in [0, 0.05) is 131 Å². The number of benzene rings is 10. The topological polar surface area (TPSA) is 251 Å². The summed E-state index contributed by atoms with van der Waals surface area (Å²) in [5.74, 6) is -0.312. The van der Waals surface area contributed by atoms with Gasteiger partial charge in [-0.3, -0.25) is 48.9 Å². The molecule has 5 N–H and O–H groups in total. The monoisotopic (exact) mass is 2640 g/mol. The largest absolute Gasteiger partial charge is 0.512 e. The standard InChI is InChI=1S/C18H16N.4C17H14N.5C5H8O2.5Ir/c1-12-7-9-17-15(11-12)8-10-18(19-17)16-6-4-5-13(2)14(16)3;1-12-3-6-14(7-4-12)16-10-8-15-11-13(2)5-9-17(15)18-16;2*1-12-4-3-5-14(10-12)17-9-7-15-11-13(2)6-8-16(15)18-17;1-12-7-9-16-14(11-12)8-10-17(18-16)15-6-4-3-5-13(15)2;5*1-4(6)3-5(2)7;;;;;/h4-5,7-11H,1-3H3;3-6,8-11H,1-2H3;3-4,6-11H,1-2H3;3-9,11H,1-2H3;3-5,7-11H,1-2H3;5*3,6H,1-2H3;;;;;/q5*-1;;;;;;;;;;. The summed E-state index contributed by atoms with van der Waals surface area (Å²) >= 11 is 0. The first-order valence-corrected chi connectivity index (χ1v) is 40.9. The minimum absolute atomic E-state index is 0. The van der Waals surface area contributed by atoms with E-state index >= 15 is 0 Å². The summed E-state index contributed by atoms with van der Waals surface area (Å²) in [5, 5.41) is 47.8. The number of hydrogen-bond donors (Lipinski definition) is 5. The van der Waals surface area contributed by atoms with Crippen molar-refractivity contribution in [3.63, 3.8) is 0 Å². The van der Waals surface area contributed by atoms with E-state index in [-0.39, 0.29) is 158 Å². The second-order valence-corrected chi connectivity index (χ2v) is 30.6. The molecule has 0 aliphatic rings. The molecule has 0 spiro atoms. The van der Waals surface area contributed by atoms with E-state index < -0.39 is 0 Å². The zero-order chi connectivity index (χ0) is 92.9. The van der Waals surface area contributed by atoms with Crippen LogP contribution < -0.4 is 0 Å². The fraction of sp³-hybridized carbons (Fsp3) is 0.189. The Morgan fingerprint density at radius 3 is 0.878 bits per heavy atom. The van der Waals surface area contributed by atoms with E-state index in [2.05, 4.69) is 293 Å². The quantitative estimate of drug-likeness (QED) is 0.0485. The summed E-state index contributed by atoms with van der Waals surface area (Å²) in [6.45, 7) is 37.3. The van der Waals surface area contributed by atoms with Gasteiger partial charge in [-0.15, -0.1) is 176 Å². The Kier molecular flexibility index (Phi) is 53.6. The number of nitrogens with zero attached hydrogens (tertiary/aromatic N) is 5. The van der Waals surface area contributed by atoms with E-state index in [9.17, 15) is 24.0 Å². The van der Waals surface area contributed by atoms with Gasteiger partial charge in [0.05, 0.1) is 56.4 Å². The van der Waals surface area contributed by atoms with Crippen molar-refractivity contribution >= 4 is 83.4 Å². The van der Waals surface area contributed by atoms with Gasteiger partial charge in [0.1, 0.15) is 0 Å². The molecule has 5 aromatic heterocycles. The van der Waals surface area contributed by atoms with Gasteiger partial charge in [-0.25, -0.2) is 0 Å². The first-order valence-electron chi connectivity index (χ1n) is 40.9. The minimum atomic E-state index is -0.125. The molecule has 0 unspecified atom stereocenters. The smallest absolute Gasteiger partial charge is 0.155 e. The Hall–Kier alpha value is -11.5. The first-order chi connectivity index (χ1) is 59.7. The molecule has 0 amide bonds. The summed E-state index contributed by atoms with van der Waals surface area (Å²) in [6.07, 6.45) is 5.83. The van der Waals surface area contributed by atoms with Crippen LogP contribution in [0.5, 0.6) is 0 Å². The van der Waals surface area contributed by atoms with Gasteiger partial charge in [-0.1, -0.05) is 160 Å². The molecule has 0 saturated heterocycles. The molecule has 0 aliphatic heterocycles.